The van der Waals surface area contributed by atoms with Gasteiger partial charge in [0.2, 0.25) is 5.89 Å². The highest BCUT2D eigenvalue weighted by Gasteiger charge is 2.24. The highest BCUT2D eigenvalue weighted by Crippen LogP contribution is 2.32. The van der Waals surface area contributed by atoms with Crippen molar-refractivity contribution in [1.29, 1.82) is 0 Å². The maximum atomic E-state index is 12.6. The molecular weight excluding hydrogens is 386 g/mol. The summed E-state index contributed by atoms with van der Waals surface area (Å²) in [6.45, 7) is 7.71. The van der Waals surface area contributed by atoms with Gasteiger partial charge in [-0.1, -0.05) is 19.1 Å². The summed E-state index contributed by atoms with van der Waals surface area (Å²) >= 11 is 0. The second-order valence-corrected chi connectivity index (χ2v) is 7.35. The summed E-state index contributed by atoms with van der Waals surface area (Å²) in [5.41, 5.74) is 1.36. The van der Waals surface area contributed by atoms with E-state index in [-0.39, 0.29) is 11.9 Å². The molecule has 1 aromatic carbocycles. The lowest BCUT2D eigenvalue weighted by Crippen LogP contribution is -2.40. The van der Waals surface area contributed by atoms with Gasteiger partial charge in [-0.3, -0.25) is 9.69 Å². The summed E-state index contributed by atoms with van der Waals surface area (Å²) < 4.78 is 22.0. The van der Waals surface area contributed by atoms with E-state index in [1.54, 1.807) is 19.1 Å². The summed E-state index contributed by atoms with van der Waals surface area (Å²) in [5, 5.41) is 0. The zero-order valence-electron chi connectivity index (χ0n) is 18.2. The maximum absolute atomic E-state index is 12.6. The molecule has 2 heterocycles. The highest BCUT2D eigenvalue weighted by atomic mass is 16.5. The fourth-order valence-corrected chi connectivity index (χ4v) is 3.51. The Kier molecular flexibility index (Phi) is 7.70. The third kappa shape index (κ3) is 5.12. The van der Waals surface area contributed by atoms with Crippen molar-refractivity contribution in [2.45, 2.75) is 39.4 Å². The van der Waals surface area contributed by atoms with Crippen molar-refractivity contribution in [1.82, 2.24) is 14.8 Å². The summed E-state index contributed by atoms with van der Waals surface area (Å²) in [7, 11) is 3.28. The molecule has 0 bridgehead atoms. The number of nitrogens with zero attached hydrogens (tertiary/aromatic N) is 3. The minimum absolute atomic E-state index is 0.113. The third-order valence-electron chi connectivity index (χ3n) is 5.48. The minimum Gasteiger partial charge on any atom is -0.493 e. The molecule has 0 aliphatic carbocycles. The number of carbonyl (C=O) groups is 1. The Bertz CT molecular complexity index is 832. The second-order valence-electron chi connectivity index (χ2n) is 7.35. The van der Waals surface area contributed by atoms with Crippen LogP contribution in [0.5, 0.6) is 11.5 Å². The van der Waals surface area contributed by atoms with E-state index < -0.39 is 0 Å². The number of carbonyl (C=O) groups excluding carboxylic acids is 1. The highest BCUT2D eigenvalue weighted by molar-refractivity contribution is 5.92. The third-order valence-corrected chi connectivity index (χ3v) is 5.48. The van der Waals surface area contributed by atoms with Gasteiger partial charge >= 0.3 is 0 Å². The van der Waals surface area contributed by atoms with E-state index in [4.69, 9.17) is 18.6 Å². The Hall–Kier alpha value is -2.58. The Morgan fingerprint density at radius 3 is 2.67 bits per heavy atom. The Morgan fingerprint density at radius 2 is 2.00 bits per heavy atom. The molecule has 3 rings (SSSR count). The van der Waals surface area contributed by atoms with Gasteiger partial charge in [0.15, 0.2) is 17.2 Å². The zero-order valence-corrected chi connectivity index (χ0v) is 18.2. The molecule has 1 amide bonds. The van der Waals surface area contributed by atoms with E-state index in [1.807, 2.05) is 18.2 Å². The molecule has 0 saturated carbocycles. The molecule has 30 heavy (non-hydrogen) atoms. The van der Waals surface area contributed by atoms with E-state index in [0.29, 0.717) is 56.7 Å². The molecule has 1 aliphatic rings. The number of benzene rings is 1. The van der Waals surface area contributed by atoms with E-state index >= 15 is 0 Å². The lowest BCUT2D eigenvalue weighted by molar-refractivity contribution is 0.0299. The Labute approximate surface area is 177 Å². The minimum atomic E-state index is -0.113. The standard InChI is InChI=1S/C22H31N3O5/c1-5-16(2)25(13-17-7-6-8-19(27-3)21(17)28-4)14-20-23-18(15-30-20)22(26)24-9-11-29-12-10-24/h6-8,15-16H,5,9-14H2,1-4H3. The SMILES string of the molecule is CCC(C)N(Cc1nc(C(=O)N2CCOCC2)co1)Cc1cccc(OC)c1OC. The van der Waals surface area contributed by atoms with E-state index in [2.05, 4.69) is 23.7 Å². The molecule has 1 saturated heterocycles. The van der Waals surface area contributed by atoms with Gasteiger partial charge in [-0.2, -0.15) is 0 Å². The quantitative estimate of drug-likeness (QED) is 0.621. The molecule has 8 nitrogen and oxygen atoms in total. The number of aromatic nitrogens is 1. The molecule has 0 N–H and O–H groups in total. The normalized spacial score (nSPS) is 15.3. The predicted molar refractivity (Wildman–Crippen MR) is 112 cm³/mol. The molecule has 1 unspecified atom stereocenters. The van der Waals surface area contributed by atoms with Gasteiger partial charge < -0.3 is 23.5 Å². The Balaban J connectivity index is 1.75. The van der Waals surface area contributed by atoms with E-state index in [1.165, 1.54) is 6.26 Å². The van der Waals surface area contributed by atoms with Crippen molar-refractivity contribution >= 4 is 5.91 Å². The van der Waals surface area contributed by atoms with E-state index in [0.717, 1.165) is 17.7 Å². The maximum Gasteiger partial charge on any atom is 0.275 e. The van der Waals surface area contributed by atoms with Gasteiger partial charge in [-0.05, 0) is 19.4 Å². The summed E-state index contributed by atoms with van der Waals surface area (Å²) in [4.78, 5) is 21.1. The van der Waals surface area contributed by atoms with Crippen molar-refractivity contribution in [3.05, 3.63) is 41.6 Å². The molecule has 1 atom stereocenters. The number of hydrogen-bond acceptors (Lipinski definition) is 7. The number of ether oxygens (including phenoxy) is 3. The van der Waals surface area contributed by atoms with E-state index in [9.17, 15) is 4.79 Å². The van der Waals surface area contributed by atoms with Crippen molar-refractivity contribution in [2.75, 3.05) is 40.5 Å². The predicted octanol–water partition coefficient (Wildman–Crippen LogP) is 2.96. The van der Waals surface area contributed by atoms with Gasteiger partial charge in [-0.15, -0.1) is 0 Å². The molecule has 2 aromatic rings. The van der Waals surface area contributed by atoms with Gasteiger partial charge in [0.05, 0.1) is 34.0 Å². The van der Waals surface area contributed by atoms with Crippen LogP contribution in [0.25, 0.3) is 0 Å². The monoisotopic (exact) mass is 417 g/mol. The topological polar surface area (TPSA) is 77.3 Å². The van der Waals surface area contributed by atoms with Crippen molar-refractivity contribution in [2.24, 2.45) is 0 Å². The molecule has 1 fully saturated rings. The first kappa shape index (κ1) is 22.1. The van der Waals surface area contributed by atoms with Crippen LogP contribution in [0.15, 0.2) is 28.9 Å². The van der Waals surface area contributed by atoms with Crippen LogP contribution >= 0.6 is 0 Å². The van der Waals surface area contributed by atoms with Gasteiger partial charge in [0, 0.05) is 31.2 Å². The zero-order chi connectivity index (χ0) is 21.5. The van der Waals surface area contributed by atoms with Crippen LogP contribution in [0.1, 0.15) is 42.2 Å². The van der Waals surface area contributed by atoms with Crippen LogP contribution in [0.2, 0.25) is 0 Å². The van der Waals surface area contributed by atoms with Crippen LogP contribution in [0, 0.1) is 0 Å². The fourth-order valence-electron chi connectivity index (χ4n) is 3.51. The molecule has 164 valence electrons. The number of oxazole rings is 1. The number of para-hydroxylation sites is 1. The van der Waals surface area contributed by atoms with Crippen molar-refractivity contribution < 1.29 is 23.4 Å². The lowest BCUT2D eigenvalue weighted by Gasteiger charge is -2.28. The van der Waals surface area contributed by atoms with Crippen LogP contribution in [0.3, 0.4) is 0 Å². The number of morpholine rings is 1. The van der Waals surface area contributed by atoms with Crippen LogP contribution < -0.4 is 9.47 Å². The first-order chi connectivity index (χ1) is 14.6. The molecule has 0 radical (unpaired) electrons. The second kappa shape index (κ2) is 10.4. The fraction of sp³-hybridized carbons (Fsp3) is 0.545. The van der Waals surface area contributed by atoms with Crippen molar-refractivity contribution in [3.8, 4) is 11.5 Å². The molecule has 0 spiro atoms. The lowest BCUT2D eigenvalue weighted by atomic mass is 10.1. The number of methoxy groups -OCH3 is 2. The smallest absolute Gasteiger partial charge is 0.275 e. The van der Waals surface area contributed by atoms with Gasteiger partial charge in [0.25, 0.3) is 5.91 Å². The average Bonchev–Trinajstić information content (AvgIpc) is 3.26. The van der Waals surface area contributed by atoms with Crippen LogP contribution in [-0.2, 0) is 17.8 Å². The number of amides is 1. The Morgan fingerprint density at radius 1 is 1.23 bits per heavy atom. The average molecular weight is 418 g/mol. The first-order valence-electron chi connectivity index (χ1n) is 10.3. The van der Waals surface area contributed by atoms with Crippen molar-refractivity contribution in [3.63, 3.8) is 0 Å². The van der Waals surface area contributed by atoms with Crippen LogP contribution in [0.4, 0.5) is 0 Å². The first-order valence-corrected chi connectivity index (χ1v) is 10.3. The summed E-state index contributed by atoms with van der Waals surface area (Å²) in [6, 6.07) is 6.15. The summed E-state index contributed by atoms with van der Waals surface area (Å²) in [5.74, 6) is 1.84. The van der Waals surface area contributed by atoms with Gasteiger partial charge in [-0.25, -0.2) is 4.98 Å². The number of hydrogen-bond donors (Lipinski definition) is 0. The molecule has 1 aliphatic heterocycles. The van der Waals surface area contributed by atoms with Crippen LogP contribution in [-0.4, -0.2) is 67.3 Å². The largest absolute Gasteiger partial charge is 0.493 e. The molecule has 8 heteroatoms. The molecular formula is C22H31N3O5. The molecule has 1 aromatic heterocycles. The summed E-state index contributed by atoms with van der Waals surface area (Å²) in [6.07, 6.45) is 2.42. The number of rotatable bonds is 9. The van der Waals surface area contributed by atoms with Gasteiger partial charge in [0.1, 0.15) is 6.26 Å².